The molecule has 2 aromatic carbocycles. The van der Waals surface area contributed by atoms with Crippen molar-refractivity contribution in [2.75, 3.05) is 19.8 Å². The molecule has 0 aromatic heterocycles. The summed E-state index contributed by atoms with van der Waals surface area (Å²) in [4.78, 5) is 0. The predicted octanol–water partition coefficient (Wildman–Crippen LogP) is 3.06. The van der Waals surface area contributed by atoms with Gasteiger partial charge in [0.25, 0.3) is 0 Å². The van der Waals surface area contributed by atoms with E-state index in [0.717, 1.165) is 17.7 Å². The molecule has 2 nitrogen and oxygen atoms in total. The Kier molecular flexibility index (Phi) is 3.78. The quantitative estimate of drug-likeness (QED) is 0.714. The average molecular weight is 215 g/mol. The molecule has 0 fully saturated rings. The topological polar surface area (TPSA) is 18.5 Å². The second kappa shape index (κ2) is 5.52. The Morgan fingerprint density at radius 2 is 1.94 bits per heavy atom. The van der Waals surface area contributed by atoms with Crippen molar-refractivity contribution in [3.05, 3.63) is 42.5 Å². The highest BCUT2D eigenvalue weighted by atomic mass is 16.5. The molecule has 2 rings (SSSR count). The molecule has 16 heavy (non-hydrogen) atoms. The Morgan fingerprint density at radius 1 is 1.06 bits per heavy atom. The molecule has 0 heterocycles. The lowest BCUT2D eigenvalue weighted by atomic mass is 10.1. The van der Waals surface area contributed by atoms with Gasteiger partial charge in [0.2, 0.25) is 0 Å². The summed E-state index contributed by atoms with van der Waals surface area (Å²) in [7, 11) is 0. The van der Waals surface area contributed by atoms with Gasteiger partial charge >= 0.3 is 0 Å². The van der Waals surface area contributed by atoms with Crippen LogP contribution in [-0.2, 0) is 4.74 Å². The van der Waals surface area contributed by atoms with Gasteiger partial charge in [0, 0.05) is 12.7 Å². The maximum Gasteiger partial charge on any atom is 0.128 e. The van der Waals surface area contributed by atoms with Crippen molar-refractivity contribution in [1.29, 1.82) is 0 Å². The summed E-state index contributed by atoms with van der Waals surface area (Å²) in [5.74, 6) is 0.776. The van der Waals surface area contributed by atoms with Crippen molar-refractivity contribution in [3.63, 3.8) is 0 Å². The van der Waals surface area contributed by atoms with E-state index in [1.807, 2.05) is 37.3 Å². The minimum atomic E-state index is 0.572. The normalized spacial score (nSPS) is 10.6. The molecule has 83 valence electrons. The summed E-state index contributed by atoms with van der Waals surface area (Å²) in [5, 5.41) is 2.26. The fraction of sp³-hybridized carbons (Fsp3) is 0.286. The monoisotopic (exact) mass is 215 g/mol. The van der Waals surface area contributed by atoms with Gasteiger partial charge in [-0.05, 0) is 23.8 Å². The van der Waals surface area contributed by atoms with Crippen LogP contribution in [0.2, 0.25) is 0 Å². The number of hydrogen-bond donors (Lipinski definition) is 0. The van der Waals surface area contributed by atoms with Crippen LogP contribution >= 0.6 is 0 Å². The molecule has 0 atom stereocenters. The van der Waals surface area contributed by atoms with Crippen LogP contribution < -0.4 is 4.74 Å². The summed E-state index contributed by atoms with van der Waals surface area (Å²) in [6.07, 6.45) is 0. The minimum absolute atomic E-state index is 0.572. The third-order valence-corrected chi connectivity index (χ3v) is 2.32. The van der Waals surface area contributed by atoms with Gasteiger partial charge in [-0.15, -0.1) is 0 Å². The van der Waals surface area contributed by atoms with E-state index in [0.29, 0.717) is 13.2 Å². The maximum absolute atomic E-state index is 5.54. The van der Waals surface area contributed by atoms with E-state index in [1.54, 1.807) is 0 Å². The number of fused-ring (bicyclic) bond motifs is 1. The van der Waals surface area contributed by atoms with E-state index >= 15 is 0 Å². The first-order chi connectivity index (χ1) is 7.90. The highest BCUT2D eigenvalue weighted by molar-refractivity contribution is 5.83. The number of benzene rings is 2. The first-order valence-electron chi connectivity index (χ1n) is 5.52. The molecule has 0 bridgehead atoms. The molecule has 1 radical (unpaired) electrons. The van der Waals surface area contributed by atoms with E-state index < -0.39 is 0 Å². The maximum atomic E-state index is 5.54. The molecule has 0 aliphatic carbocycles. The van der Waals surface area contributed by atoms with Crippen LogP contribution in [0.1, 0.15) is 6.92 Å². The summed E-state index contributed by atoms with van der Waals surface area (Å²) in [5.41, 5.74) is 0. The van der Waals surface area contributed by atoms with Crippen molar-refractivity contribution in [2.24, 2.45) is 0 Å². The first kappa shape index (κ1) is 11.0. The zero-order chi connectivity index (χ0) is 11.2. The van der Waals surface area contributed by atoms with Crippen LogP contribution in [0.5, 0.6) is 5.75 Å². The SMILES string of the molecule is CCOCCOc1[c]c2ccccc2cc1. The minimum Gasteiger partial charge on any atom is -0.491 e. The molecule has 0 aliphatic rings. The molecular formula is C14H15O2. The van der Waals surface area contributed by atoms with Crippen molar-refractivity contribution >= 4 is 10.8 Å². The second-order valence-electron chi connectivity index (χ2n) is 3.46. The molecule has 0 amide bonds. The zero-order valence-corrected chi connectivity index (χ0v) is 9.40. The van der Waals surface area contributed by atoms with Gasteiger partial charge in [-0.3, -0.25) is 0 Å². The Bertz CT molecular complexity index is 451. The average Bonchev–Trinajstić information content (AvgIpc) is 2.34. The largest absolute Gasteiger partial charge is 0.491 e. The Morgan fingerprint density at radius 3 is 2.81 bits per heavy atom. The van der Waals surface area contributed by atoms with E-state index in [1.165, 1.54) is 5.39 Å². The fourth-order valence-corrected chi connectivity index (χ4v) is 1.54. The van der Waals surface area contributed by atoms with Gasteiger partial charge in [0.1, 0.15) is 12.4 Å². The predicted molar refractivity (Wildman–Crippen MR) is 64.8 cm³/mol. The van der Waals surface area contributed by atoms with Gasteiger partial charge in [-0.2, -0.15) is 0 Å². The van der Waals surface area contributed by atoms with Crippen LogP contribution in [0.4, 0.5) is 0 Å². The molecular weight excluding hydrogens is 200 g/mol. The molecule has 0 spiro atoms. The van der Waals surface area contributed by atoms with Crippen molar-refractivity contribution in [3.8, 4) is 5.75 Å². The van der Waals surface area contributed by atoms with Gasteiger partial charge < -0.3 is 9.47 Å². The van der Waals surface area contributed by atoms with E-state index in [-0.39, 0.29) is 0 Å². The van der Waals surface area contributed by atoms with Crippen LogP contribution in [0.15, 0.2) is 36.4 Å². The molecule has 2 aromatic rings. The Balaban J connectivity index is 2.02. The summed E-state index contributed by atoms with van der Waals surface area (Å²) in [6, 6.07) is 15.3. The van der Waals surface area contributed by atoms with Gasteiger partial charge in [-0.1, -0.05) is 30.3 Å². The number of rotatable bonds is 5. The Labute approximate surface area is 95.8 Å². The highest BCUT2D eigenvalue weighted by Crippen LogP contribution is 2.19. The molecule has 0 unspecified atom stereocenters. The Hall–Kier alpha value is -1.54. The smallest absolute Gasteiger partial charge is 0.128 e. The molecule has 0 aliphatic heterocycles. The lowest BCUT2D eigenvalue weighted by Gasteiger charge is -2.06. The van der Waals surface area contributed by atoms with E-state index in [4.69, 9.17) is 9.47 Å². The van der Waals surface area contributed by atoms with Gasteiger partial charge in [0.05, 0.1) is 6.61 Å². The standard InChI is InChI=1S/C14H15O2/c1-2-15-9-10-16-14-8-7-12-5-3-4-6-13(12)11-14/h3-8H,2,9-10H2,1H3. The lowest BCUT2D eigenvalue weighted by Crippen LogP contribution is -2.06. The van der Waals surface area contributed by atoms with E-state index in [9.17, 15) is 0 Å². The second-order valence-corrected chi connectivity index (χ2v) is 3.46. The fourth-order valence-electron chi connectivity index (χ4n) is 1.54. The summed E-state index contributed by atoms with van der Waals surface area (Å²) < 4.78 is 10.7. The highest BCUT2D eigenvalue weighted by Gasteiger charge is 1.97. The van der Waals surface area contributed by atoms with Crippen molar-refractivity contribution in [1.82, 2.24) is 0 Å². The molecule has 0 saturated heterocycles. The first-order valence-corrected chi connectivity index (χ1v) is 5.52. The van der Waals surface area contributed by atoms with Gasteiger partial charge in [-0.25, -0.2) is 0 Å². The van der Waals surface area contributed by atoms with E-state index in [2.05, 4.69) is 12.1 Å². The lowest BCUT2D eigenvalue weighted by molar-refractivity contribution is 0.110. The van der Waals surface area contributed by atoms with Crippen LogP contribution in [-0.4, -0.2) is 19.8 Å². The molecule has 2 heteroatoms. The van der Waals surface area contributed by atoms with Crippen molar-refractivity contribution < 1.29 is 9.47 Å². The third-order valence-electron chi connectivity index (χ3n) is 2.32. The zero-order valence-electron chi connectivity index (χ0n) is 9.40. The summed E-state index contributed by atoms with van der Waals surface area (Å²) in [6.45, 7) is 3.90. The third kappa shape index (κ3) is 2.74. The van der Waals surface area contributed by atoms with Crippen LogP contribution in [0.3, 0.4) is 0 Å². The van der Waals surface area contributed by atoms with Crippen molar-refractivity contribution in [2.45, 2.75) is 6.92 Å². The molecule has 0 N–H and O–H groups in total. The molecule has 0 saturated carbocycles. The van der Waals surface area contributed by atoms with Crippen LogP contribution in [0.25, 0.3) is 10.8 Å². The van der Waals surface area contributed by atoms with Crippen LogP contribution in [0, 0.1) is 6.07 Å². The number of ether oxygens (including phenoxy) is 2. The van der Waals surface area contributed by atoms with Gasteiger partial charge in [0.15, 0.2) is 0 Å². The number of hydrogen-bond acceptors (Lipinski definition) is 2. The summed E-state index contributed by atoms with van der Waals surface area (Å²) >= 11 is 0.